The van der Waals surface area contributed by atoms with Crippen LogP contribution in [-0.4, -0.2) is 60.1 Å². The summed E-state index contributed by atoms with van der Waals surface area (Å²) >= 11 is 0. The molecule has 0 aromatic heterocycles. The highest BCUT2D eigenvalue weighted by molar-refractivity contribution is 6.02. The van der Waals surface area contributed by atoms with Crippen LogP contribution in [0.3, 0.4) is 0 Å². The van der Waals surface area contributed by atoms with E-state index in [4.69, 9.17) is 9.47 Å². The predicted octanol–water partition coefficient (Wildman–Crippen LogP) is 3.53. The number of anilines is 1. The monoisotopic (exact) mass is 509 g/mol. The van der Waals surface area contributed by atoms with Crippen LogP contribution in [0.25, 0.3) is 0 Å². The van der Waals surface area contributed by atoms with Crippen molar-refractivity contribution in [2.75, 3.05) is 19.0 Å². The zero-order valence-corrected chi connectivity index (χ0v) is 22.2. The number of methoxy groups -OCH3 is 1. The molecule has 37 heavy (non-hydrogen) atoms. The van der Waals surface area contributed by atoms with E-state index >= 15 is 0 Å². The lowest BCUT2D eigenvalue weighted by molar-refractivity contribution is -0.141. The molecule has 8 heteroatoms. The lowest BCUT2D eigenvalue weighted by Crippen LogP contribution is -2.57. The third-order valence-electron chi connectivity index (χ3n) is 8.65. The summed E-state index contributed by atoms with van der Waals surface area (Å²) in [5.74, 6) is -0.681. The van der Waals surface area contributed by atoms with Crippen molar-refractivity contribution in [1.82, 2.24) is 10.2 Å². The fraction of sp³-hybridized carbons (Fsp3) is 0.621. The molecule has 2 bridgehead atoms. The lowest BCUT2D eigenvalue weighted by Gasteiger charge is -2.36. The van der Waals surface area contributed by atoms with Crippen LogP contribution in [0.2, 0.25) is 0 Å². The van der Waals surface area contributed by atoms with Crippen molar-refractivity contribution in [2.45, 2.75) is 76.7 Å². The molecule has 1 spiro atoms. The maximum absolute atomic E-state index is 14.0. The lowest BCUT2D eigenvalue weighted by atomic mass is 9.74. The van der Waals surface area contributed by atoms with Crippen LogP contribution in [0.5, 0.6) is 5.75 Å². The van der Waals surface area contributed by atoms with Crippen molar-refractivity contribution >= 4 is 23.4 Å². The molecule has 3 aliphatic heterocycles. The van der Waals surface area contributed by atoms with E-state index in [1.54, 1.807) is 36.3 Å². The molecular formula is C29H39N3O5. The van der Waals surface area contributed by atoms with E-state index in [0.717, 1.165) is 25.7 Å². The van der Waals surface area contributed by atoms with Gasteiger partial charge in [0.15, 0.2) is 0 Å². The van der Waals surface area contributed by atoms with Gasteiger partial charge >= 0.3 is 0 Å². The Hall–Kier alpha value is -2.87. The van der Waals surface area contributed by atoms with Gasteiger partial charge < -0.3 is 25.0 Å². The van der Waals surface area contributed by atoms with Gasteiger partial charge in [0.2, 0.25) is 17.7 Å². The molecule has 3 amide bonds. The Morgan fingerprint density at radius 2 is 2.00 bits per heavy atom. The van der Waals surface area contributed by atoms with Gasteiger partial charge in [-0.2, -0.15) is 0 Å². The maximum Gasteiger partial charge on any atom is 0.246 e. The van der Waals surface area contributed by atoms with Gasteiger partial charge in [-0.15, -0.1) is 0 Å². The molecule has 200 valence electrons. The molecule has 5 rings (SSSR count). The summed E-state index contributed by atoms with van der Waals surface area (Å²) in [5.41, 5.74) is -0.537. The summed E-state index contributed by atoms with van der Waals surface area (Å²) in [6.45, 7) is 6.84. The van der Waals surface area contributed by atoms with Gasteiger partial charge in [0.25, 0.3) is 0 Å². The van der Waals surface area contributed by atoms with Crippen LogP contribution in [0.1, 0.15) is 52.9 Å². The Morgan fingerprint density at radius 3 is 2.73 bits per heavy atom. The van der Waals surface area contributed by atoms with E-state index in [9.17, 15) is 14.4 Å². The third kappa shape index (κ3) is 4.54. The van der Waals surface area contributed by atoms with E-state index in [2.05, 4.69) is 31.4 Å². The largest absolute Gasteiger partial charge is 0.497 e. The first-order chi connectivity index (χ1) is 17.7. The molecule has 7 atom stereocenters. The Bertz CT molecular complexity index is 1090. The van der Waals surface area contributed by atoms with Crippen LogP contribution in [0.4, 0.5) is 5.69 Å². The first kappa shape index (κ1) is 25.8. The van der Waals surface area contributed by atoms with E-state index in [1.165, 1.54) is 6.42 Å². The molecule has 0 radical (unpaired) electrons. The van der Waals surface area contributed by atoms with E-state index in [1.807, 2.05) is 12.2 Å². The minimum Gasteiger partial charge on any atom is -0.497 e. The Kier molecular flexibility index (Phi) is 7.05. The Labute approximate surface area is 219 Å². The van der Waals surface area contributed by atoms with Crippen LogP contribution in [-0.2, 0) is 19.1 Å². The smallest absolute Gasteiger partial charge is 0.246 e. The molecule has 2 N–H and O–H groups in total. The fourth-order valence-corrected chi connectivity index (χ4v) is 6.62. The molecule has 4 aliphatic rings. The van der Waals surface area contributed by atoms with Crippen molar-refractivity contribution in [1.29, 1.82) is 0 Å². The van der Waals surface area contributed by atoms with E-state index in [0.29, 0.717) is 29.8 Å². The number of hydrogen-bond acceptors (Lipinski definition) is 5. The number of ether oxygens (including phenoxy) is 2. The quantitative estimate of drug-likeness (QED) is 0.523. The van der Waals surface area contributed by atoms with Crippen LogP contribution < -0.4 is 15.4 Å². The van der Waals surface area contributed by atoms with Gasteiger partial charge in [0, 0.05) is 24.3 Å². The number of amides is 3. The second kappa shape index (κ2) is 10.1. The minimum absolute atomic E-state index is 0.0912. The number of hydrogen-bond donors (Lipinski definition) is 2. The summed E-state index contributed by atoms with van der Waals surface area (Å²) < 4.78 is 11.7. The average Bonchev–Trinajstić information content (AvgIpc) is 3.51. The molecule has 5 unspecified atom stereocenters. The first-order valence-electron chi connectivity index (χ1n) is 13.7. The highest BCUT2D eigenvalue weighted by Gasteiger charge is 2.72. The van der Waals surface area contributed by atoms with Gasteiger partial charge in [-0.25, -0.2) is 0 Å². The summed E-state index contributed by atoms with van der Waals surface area (Å²) in [6, 6.07) is 6.44. The van der Waals surface area contributed by atoms with Gasteiger partial charge in [-0.3, -0.25) is 14.4 Å². The third-order valence-corrected chi connectivity index (χ3v) is 8.65. The topological polar surface area (TPSA) is 97.0 Å². The second-order valence-corrected chi connectivity index (χ2v) is 11.5. The zero-order valence-electron chi connectivity index (χ0n) is 22.2. The Balaban J connectivity index is 1.43. The number of carbonyl (C=O) groups is 3. The molecular weight excluding hydrogens is 470 g/mol. The number of nitrogens with zero attached hydrogens (tertiary/aromatic N) is 1. The zero-order chi connectivity index (χ0) is 26.3. The van der Waals surface area contributed by atoms with Gasteiger partial charge in [0.05, 0.1) is 25.0 Å². The predicted molar refractivity (Wildman–Crippen MR) is 140 cm³/mol. The number of rotatable bonds is 8. The van der Waals surface area contributed by atoms with Crippen LogP contribution in [0, 0.1) is 23.7 Å². The fourth-order valence-electron chi connectivity index (χ4n) is 6.62. The molecule has 8 nitrogen and oxygen atoms in total. The van der Waals surface area contributed by atoms with E-state index < -0.39 is 29.6 Å². The number of fused-ring (bicyclic) bond motifs is 1. The first-order valence-corrected chi connectivity index (χ1v) is 13.7. The van der Waals surface area contributed by atoms with Crippen molar-refractivity contribution in [3.05, 3.63) is 36.4 Å². The molecule has 1 aromatic carbocycles. The van der Waals surface area contributed by atoms with Crippen LogP contribution in [0.15, 0.2) is 36.4 Å². The number of benzene rings is 1. The summed E-state index contributed by atoms with van der Waals surface area (Å²) in [5, 5.41) is 6.22. The SMILES string of the molecule is COc1cccc(NC(=O)C2[C@H]3C=CC4(O3)C(C(=O)NC3CCCCC3C)N(CCC(C)C)C(=O)[C@@H]24)c1. The summed E-state index contributed by atoms with van der Waals surface area (Å²) in [7, 11) is 1.57. The van der Waals surface area contributed by atoms with E-state index in [-0.39, 0.29) is 23.8 Å². The van der Waals surface area contributed by atoms with Crippen molar-refractivity contribution < 1.29 is 23.9 Å². The highest BCUT2D eigenvalue weighted by Crippen LogP contribution is 2.55. The number of likely N-dealkylation sites (tertiary alicyclic amines) is 1. The van der Waals surface area contributed by atoms with Crippen molar-refractivity contribution in [3.8, 4) is 5.75 Å². The van der Waals surface area contributed by atoms with Gasteiger partial charge in [0.1, 0.15) is 17.4 Å². The molecule has 1 aromatic rings. The van der Waals surface area contributed by atoms with Crippen molar-refractivity contribution in [2.24, 2.45) is 23.7 Å². The molecule has 3 fully saturated rings. The van der Waals surface area contributed by atoms with Crippen LogP contribution >= 0.6 is 0 Å². The summed E-state index contributed by atoms with van der Waals surface area (Å²) in [4.78, 5) is 43.1. The molecule has 3 heterocycles. The number of carbonyl (C=O) groups excluding carboxylic acids is 3. The highest BCUT2D eigenvalue weighted by atomic mass is 16.5. The van der Waals surface area contributed by atoms with Gasteiger partial charge in [-0.1, -0.05) is 51.8 Å². The van der Waals surface area contributed by atoms with Gasteiger partial charge in [-0.05, 0) is 43.2 Å². The summed E-state index contributed by atoms with van der Waals surface area (Å²) in [6.07, 6.45) is 8.26. The minimum atomic E-state index is -1.13. The second-order valence-electron chi connectivity index (χ2n) is 11.5. The van der Waals surface area contributed by atoms with Crippen molar-refractivity contribution in [3.63, 3.8) is 0 Å². The molecule has 2 saturated heterocycles. The molecule has 1 saturated carbocycles. The Morgan fingerprint density at radius 1 is 1.22 bits per heavy atom. The average molecular weight is 510 g/mol. The molecule has 1 aliphatic carbocycles. The number of nitrogens with one attached hydrogen (secondary N) is 2. The standard InChI is InChI=1S/C29H39N3O5/c1-17(2)13-15-32-25(27(34)31-21-11-6-5-8-18(21)3)29-14-12-22(37-29)23(24(29)28(32)35)26(33)30-19-9-7-10-20(16-19)36-4/h7,9-10,12,14,16-18,21-25H,5-6,8,11,13,15H2,1-4H3,(H,30,33)(H,31,34)/t18?,21?,22-,23?,24-,25?,29?/m1/s1. The maximum atomic E-state index is 14.0. The normalized spacial score (nSPS) is 34.1.